The number of ketones is 1. The maximum Gasteiger partial charge on any atom is 0.220 e. The third kappa shape index (κ3) is 21.0. The Balaban J connectivity index is 3.09. The molecule has 0 spiro atoms. The van der Waals surface area contributed by atoms with Crippen molar-refractivity contribution in [2.24, 2.45) is 0 Å². The second-order valence-electron chi connectivity index (χ2n) is 5.61. The van der Waals surface area contributed by atoms with Crippen molar-refractivity contribution < 1.29 is 33.3 Å². The lowest BCUT2D eigenvalue weighted by molar-refractivity contribution is -0.124. The van der Waals surface area contributed by atoms with E-state index in [1.54, 1.807) is 0 Å². The van der Waals surface area contributed by atoms with Gasteiger partial charge in [-0.2, -0.15) is 0 Å². The van der Waals surface area contributed by atoms with Crippen LogP contribution in [0.25, 0.3) is 0 Å². The highest BCUT2D eigenvalue weighted by atomic mass is 16.6. The molecular formula is C18H35NO7. The van der Waals surface area contributed by atoms with Crippen molar-refractivity contribution in [2.75, 3.05) is 72.6 Å². The van der Waals surface area contributed by atoms with E-state index in [1.165, 1.54) is 6.92 Å². The maximum absolute atomic E-state index is 11.3. The van der Waals surface area contributed by atoms with Crippen LogP contribution >= 0.6 is 0 Å². The van der Waals surface area contributed by atoms with E-state index < -0.39 is 0 Å². The number of rotatable bonds is 20. The zero-order valence-electron chi connectivity index (χ0n) is 16.3. The quantitative estimate of drug-likeness (QED) is 0.316. The van der Waals surface area contributed by atoms with Crippen molar-refractivity contribution in [3.05, 3.63) is 0 Å². The van der Waals surface area contributed by atoms with Crippen LogP contribution in [0.15, 0.2) is 0 Å². The number of hydrogen-bond acceptors (Lipinski definition) is 7. The molecule has 0 unspecified atom stereocenters. The van der Waals surface area contributed by atoms with Crippen LogP contribution in [0.3, 0.4) is 0 Å². The Hall–Kier alpha value is -1.06. The molecule has 8 heteroatoms. The van der Waals surface area contributed by atoms with Gasteiger partial charge in [0.1, 0.15) is 5.78 Å². The monoisotopic (exact) mass is 377 g/mol. The third-order valence-electron chi connectivity index (χ3n) is 3.11. The topological polar surface area (TPSA) is 92.3 Å². The fraction of sp³-hybridized carbons (Fsp3) is 0.889. The Kier molecular flexibility index (Phi) is 19.4. The number of hydrogen-bond donors (Lipinski definition) is 1. The summed E-state index contributed by atoms with van der Waals surface area (Å²) in [6.45, 7) is 9.44. The van der Waals surface area contributed by atoms with Gasteiger partial charge in [-0.3, -0.25) is 4.79 Å². The van der Waals surface area contributed by atoms with Gasteiger partial charge in [0.25, 0.3) is 0 Å². The van der Waals surface area contributed by atoms with Gasteiger partial charge in [0, 0.05) is 26.0 Å². The molecular weight excluding hydrogens is 342 g/mol. The minimum Gasteiger partial charge on any atom is -0.379 e. The number of nitrogens with one attached hydrogen (secondary N) is 1. The Labute approximate surface area is 156 Å². The number of carbonyl (C=O) groups excluding carboxylic acids is 2. The van der Waals surface area contributed by atoms with Gasteiger partial charge in [-0.15, -0.1) is 0 Å². The van der Waals surface area contributed by atoms with E-state index >= 15 is 0 Å². The van der Waals surface area contributed by atoms with Gasteiger partial charge in [0.05, 0.1) is 59.5 Å². The molecule has 0 rings (SSSR count). The van der Waals surface area contributed by atoms with Gasteiger partial charge in [0.2, 0.25) is 5.91 Å². The molecule has 1 amide bonds. The van der Waals surface area contributed by atoms with E-state index in [-0.39, 0.29) is 24.5 Å². The van der Waals surface area contributed by atoms with Gasteiger partial charge in [-0.1, -0.05) is 6.92 Å². The van der Waals surface area contributed by atoms with Crippen LogP contribution in [-0.4, -0.2) is 84.3 Å². The molecule has 1 N–H and O–H groups in total. The lowest BCUT2D eigenvalue weighted by atomic mass is 10.2. The molecule has 0 saturated carbocycles. The predicted molar refractivity (Wildman–Crippen MR) is 97.3 cm³/mol. The summed E-state index contributed by atoms with van der Waals surface area (Å²) in [6, 6.07) is 0. The van der Waals surface area contributed by atoms with Crippen LogP contribution in [0.2, 0.25) is 0 Å². The van der Waals surface area contributed by atoms with Crippen molar-refractivity contribution in [2.45, 2.75) is 33.1 Å². The van der Waals surface area contributed by atoms with Crippen LogP contribution in [0.1, 0.15) is 33.1 Å². The Bertz CT molecular complexity index is 340. The average Bonchev–Trinajstić information content (AvgIpc) is 2.62. The molecule has 0 fully saturated rings. The molecule has 26 heavy (non-hydrogen) atoms. The summed E-state index contributed by atoms with van der Waals surface area (Å²) in [7, 11) is 0. The van der Waals surface area contributed by atoms with Crippen LogP contribution in [0.4, 0.5) is 0 Å². The first-order chi connectivity index (χ1) is 12.7. The van der Waals surface area contributed by atoms with Gasteiger partial charge in [0.15, 0.2) is 0 Å². The van der Waals surface area contributed by atoms with E-state index in [0.29, 0.717) is 66.0 Å². The smallest absolute Gasteiger partial charge is 0.220 e. The van der Waals surface area contributed by atoms with Crippen LogP contribution in [-0.2, 0) is 33.3 Å². The van der Waals surface area contributed by atoms with Crippen molar-refractivity contribution >= 4 is 11.7 Å². The molecule has 0 saturated heterocycles. The summed E-state index contributed by atoms with van der Waals surface area (Å²) >= 11 is 0. The first-order valence-electron chi connectivity index (χ1n) is 9.31. The number of carbonyl (C=O) groups is 2. The van der Waals surface area contributed by atoms with Crippen molar-refractivity contribution in [1.82, 2.24) is 5.32 Å². The Morgan fingerprint density at radius 1 is 0.654 bits per heavy atom. The molecule has 0 aromatic carbocycles. The van der Waals surface area contributed by atoms with E-state index in [0.717, 1.165) is 13.0 Å². The molecule has 0 aromatic heterocycles. The second-order valence-corrected chi connectivity index (χ2v) is 5.61. The van der Waals surface area contributed by atoms with E-state index in [1.807, 2.05) is 0 Å². The first kappa shape index (κ1) is 24.9. The summed E-state index contributed by atoms with van der Waals surface area (Å²) in [6.07, 6.45) is 1.53. The number of ether oxygens (including phenoxy) is 5. The number of amides is 1. The SMILES string of the molecule is CCCOCCOCCOCCOCCOCCNC(=O)CCC(C)=O. The average molecular weight is 377 g/mol. The summed E-state index contributed by atoms with van der Waals surface area (Å²) in [5, 5.41) is 2.69. The highest BCUT2D eigenvalue weighted by molar-refractivity contribution is 5.83. The molecule has 0 atom stereocenters. The second kappa shape index (κ2) is 20.3. The molecule has 0 aromatic rings. The number of Topliss-reactive ketones (excluding diaryl/α,β-unsaturated/α-hetero) is 1. The highest BCUT2D eigenvalue weighted by Gasteiger charge is 2.02. The molecule has 0 aliphatic carbocycles. The lowest BCUT2D eigenvalue weighted by Crippen LogP contribution is -2.27. The normalized spacial score (nSPS) is 10.8. The van der Waals surface area contributed by atoms with E-state index in [4.69, 9.17) is 23.7 Å². The third-order valence-corrected chi connectivity index (χ3v) is 3.11. The van der Waals surface area contributed by atoms with Crippen LogP contribution < -0.4 is 5.32 Å². The molecule has 0 aliphatic rings. The van der Waals surface area contributed by atoms with E-state index in [2.05, 4.69) is 12.2 Å². The molecule has 0 aliphatic heterocycles. The van der Waals surface area contributed by atoms with Crippen molar-refractivity contribution in [3.63, 3.8) is 0 Å². The van der Waals surface area contributed by atoms with Gasteiger partial charge < -0.3 is 33.8 Å². The van der Waals surface area contributed by atoms with Crippen LogP contribution in [0, 0.1) is 0 Å². The maximum atomic E-state index is 11.3. The van der Waals surface area contributed by atoms with Gasteiger partial charge in [-0.05, 0) is 13.3 Å². The van der Waals surface area contributed by atoms with Crippen molar-refractivity contribution in [3.8, 4) is 0 Å². The molecule has 0 radical (unpaired) electrons. The predicted octanol–water partition coefficient (Wildman–Crippen LogP) is 0.965. The molecule has 0 heterocycles. The highest BCUT2D eigenvalue weighted by Crippen LogP contribution is 1.89. The van der Waals surface area contributed by atoms with Gasteiger partial charge >= 0.3 is 0 Å². The van der Waals surface area contributed by atoms with Crippen molar-refractivity contribution in [1.29, 1.82) is 0 Å². The molecule has 154 valence electrons. The zero-order chi connectivity index (χ0) is 19.3. The standard InChI is InChI=1S/C18H35NO7/c1-3-7-22-9-11-24-13-15-26-16-14-25-12-10-23-8-6-19-18(21)5-4-17(2)20/h3-16H2,1-2H3,(H,19,21). The lowest BCUT2D eigenvalue weighted by Gasteiger charge is -2.08. The largest absolute Gasteiger partial charge is 0.379 e. The zero-order valence-corrected chi connectivity index (χ0v) is 16.3. The van der Waals surface area contributed by atoms with Gasteiger partial charge in [-0.25, -0.2) is 0 Å². The Morgan fingerprint density at radius 3 is 1.50 bits per heavy atom. The summed E-state index contributed by atoms with van der Waals surface area (Å²) < 4.78 is 26.7. The minimum atomic E-state index is -0.130. The first-order valence-corrected chi connectivity index (χ1v) is 9.31. The summed E-state index contributed by atoms with van der Waals surface area (Å²) in [4.78, 5) is 22.1. The fourth-order valence-corrected chi connectivity index (χ4v) is 1.77. The van der Waals surface area contributed by atoms with Crippen LogP contribution in [0.5, 0.6) is 0 Å². The molecule has 8 nitrogen and oxygen atoms in total. The van der Waals surface area contributed by atoms with E-state index in [9.17, 15) is 9.59 Å². The fourth-order valence-electron chi connectivity index (χ4n) is 1.77. The Morgan fingerprint density at radius 2 is 1.08 bits per heavy atom. The summed E-state index contributed by atoms with van der Waals surface area (Å²) in [5.74, 6) is -0.114. The molecule has 0 bridgehead atoms. The minimum absolute atomic E-state index is 0.0158. The summed E-state index contributed by atoms with van der Waals surface area (Å²) in [5.41, 5.74) is 0.